The molecule has 108 valence electrons. The summed E-state index contributed by atoms with van der Waals surface area (Å²) >= 11 is 0. The monoisotopic (exact) mass is 273 g/mol. The van der Waals surface area contributed by atoms with Gasteiger partial charge in [0.1, 0.15) is 5.75 Å². The molecule has 1 N–H and O–H groups in total. The Morgan fingerprint density at radius 2 is 1.79 bits per heavy atom. The summed E-state index contributed by atoms with van der Waals surface area (Å²) in [5.74, 6) is 0.604. The van der Waals surface area contributed by atoms with Crippen molar-refractivity contribution in [2.75, 3.05) is 20.3 Å². The summed E-state index contributed by atoms with van der Waals surface area (Å²) in [7, 11) is 1.68. The normalized spacial score (nSPS) is 14.4. The SMILES string of the molecule is COCC(C)CNC(C)c1ccc(OC(F)F)cc1. The van der Waals surface area contributed by atoms with Crippen LogP contribution in [0.3, 0.4) is 0 Å². The Labute approximate surface area is 112 Å². The van der Waals surface area contributed by atoms with Crippen LogP contribution in [-0.2, 0) is 4.74 Å². The molecule has 1 rings (SSSR count). The number of halogens is 2. The number of hydrogen-bond acceptors (Lipinski definition) is 3. The second-order valence-electron chi connectivity index (χ2n) is 4.64. The molecule has 1 aromatic rings. The first-order valence-electron chi connectivity index (χ1n) is 6.30. The van der Waals surface area contributed by atoms with Gasteiger partial charge in [-0.15, -0.1) is 0 Å². The van der Waals surface area contributed by atoms with Crippen molar-refractivity contribution < 1.29 is 18.3 Å². The van der Waals surface area contributed by atoms with Crippen LogP contribution in [0.1, 0.15) is 25.5 Å². The fraction of sp³-hybridized carbons (Fsp3) is 0.571. The first-order valence-corrected chi connectivity index (χ1v) is 6.30. The lowest BCUT2D eigenvalue weighted by Gasteiger charge is -2.18. The number of rotatable bonds is 8. The van der Waals surface area contributed by atoms with E-state index in [4.69, 9.17) is 4.74 Å². The third kappa shape index (κ3) is 5.98. The molecule has 0 bridgehead atoms. The van der Waals surface area contributed by atoms with Crippen molar-refractivity contribution in [1.29, 1.82) is 0 Å². The molecule has 0 fully saturated rings. The highest BCUT2D eigenvalue weighted by Crippen LogP contribution is 2.19. The molecule has 19 heavy (non-hydrogen) atoms. The van der Waals surface area contributed by atoms with E-state index >= 15 is 0 Å². The van der Waals surface area contributed by atoms with Gasteiger partial charge in [-0.2, -0.15) is 8.78 Å². The molecule has 1 aromatic carbocycles. The molecule has 0 aliphatic heterocycles. The second kappa shape index (κ2) is 8.07. The molecule has 0 aliphatic carbocycles. The Balaban J connectivity index is 2.46. The second-order valence-corrected chi connectivity index (χ2v) is 4.64. The van der Waals surface area contributed by atoms with Crippen LogP contribution < -0.4 is 10.1 Å². The van der Waals surface area contributed by atoms with Gasteiger partial charge < -0.3 is 14.8 Å². The van der Waals surface area contributed by atoms with Crippen LogP contribution >= 0.6 is 0 Å². The lowest BCUT2D eigenvalue weighted by atomic mass is 10.1. The molecule has 2 unspecified atom stereocenters. The number of alkyl halides is 2. The minimum atomic E-state index is -2.78. The average molecular weight is 273 g/mol. The van der Waals surface area contributed by atoms with Crippen LogP contribution in [0.25, 0.3) is 0 Å². The molecular formula is C14H21F2NO2. The third-order valence-corrected chi connectivity index (χ3v) is 2.83. The highest BCUT2D eigenvalue weighted by Gasteiger charge is 2.09. The Morgan fingerprint density at radius 3 is 2.32 bits per heavy atom. The Morgan fingerprint density at radius 1 is 1.16 bits per heavy atom. The summed E-state index contributed by atoms with van der Waals surface area (Å²) in [6.45, 7) is 2.90. The van der Waals surface area contributed by atoms with Crippen molar-refractivity contribution in [1.82, 2.24) is 5.32 Å². The first-order chi connectivity index (χ1) is 9.02. The van der Waals surface area contributed by atoms with Gasteiger partial charge in [0.15, 0.2) is 0 Å². The van der Waals surface area contributed by atoms with E-state index < -0.39 is 6.61 Å². The maximum atomic E-state index is 12.0. The molecule has 3 nitrogen and oxygen atoms in total. The predicted molar refractivity (Wildman–Crippen MR) is 70.5 cm³/mol. The summed E-state index contributed by atoms with van der Waals surface area (Å²) < 4.78 is 33.4. The van der Waals surface area contributed by atoms with Crippen molar-refractivity contribution in [3.63, 3.8) is 0 Å². The van der Waals surface area contributed by atoms with Gasteiger partial charge in [0, 0.05) is 26.3 Å². The van der Waals surface area contributed by atoms with Gasteiger partial charge >= 0.3 is 6.61 Å². The molecule has 0 saturated carbocycles. The van der Waals surface area contributed by atoms with Gasteiger partial charge in [0.25, 0.3) is 0 Å². The van der Waals surface area contributed by atoms with Crippen molar-refractivity contribution in [2.45, 2.75) is 26.5 Å². The van der Waals surface area contributed by atoms with E-state index in [0.717, 1.165) is 12.1 Å². The van der Waals surface area contributed by atoms with Crippen molar-refractivity contribution in [2.24, 2.45) is 5.92 Å². The number of hydrogen-bond donors (Lipinski definition) is 1. The molecule has 2 atom stereocenters. The molecule has 0 aliphatic rings. The van der Waals surface area contributed by atoms with Gasteiger partial charge in [0.05, 0.1) is 0 Å². The maximum absolute atomic E-state index is 12.0. The van der Waals surface area contributed by atoms with Gasteiger partial charge in [0.2, 0.25) is 0 Å². The highest BCUT2D eigenvalue weighted by molar-refractivity contribution is 5.28. The summed E-state index contributed by atoms with van der Waals surface area (Å²) in [6.07, 6.45) is 0. The zero-order valence-electron chi connectivity index (χ0n) is 11.5. The van der Waals surface area contributed by atoms with Crippen molar-refractivity contribution in [3.8, 4) is 5.75 Å². The van der Waals surface area contributed by atoms with Gasteiger partial charge in [-0.25, -0.2) is 0 Å². The number of ether oxygens (including phenoxy) is 2. The Hall–Kier alpha value is -1.20. The standard InChI is InChI=1S/C14H21F2NO2/c1-10(9-18-3)8-17-11(2)12-4-6-13(7-5-12)19-14(15)16/h4-7,10-11,14,17H,8-9H2,1-3H3. The van der Waals surface area contributed by atoms with E-state index in [0.29, 0.717) is 12.5 Å². The molecule has 0 radical (unpaired) electrons. The lowest BCUT2D eigenvalue weighted by Crippen LogP contribution is -2.26. The zero-order valence-corrected chi connectivity index (χ0v) is 11.5. The van der Waals surface area contributed by atoms with Crippen LogP contribution in [0.15, 0.2) is 24.3 Å². The number of nitrogens with one attached hydrogen (secondary N) is 1. The minimum absolute atomic E-state index is 0.153. The molecule has 0 spiro atoms. The van der Waals surface area contributed by atoms with E-state index in [1.807, 2.05) is 6.92 Å². The van der Waals surface area contributed by atoms with Gasteiger partial charge in [-0.05, 0) is 30.5 Å². The minimum Gasteiger partial charge on any atom is -0.435 e. The van der Waals surface area contributed by atoms with E-state index in [-0.39, 0.29) is 11.8 Å². The molecule has 0 amide bonds. The molecule has 0 aromatic heterocycles. The number of benzene rings is 1. The smallest absolute Gasteiger partial charge is 0.387 e. The number of methoxy groups -OCH3 is 1. The quantitative estimate of drug-likeness (QED) is 0.789. The van der Waals surface area contributed by atoms with Crippen molar-refractivity contribution >= 4 is 0 Å². The van der Waals surface area contributed by atoms with Crippen molar-refractivity contribution in [3.05, 3.63) is 29.8 Å². The summed E-state index contributed by atoms with van der Waals surface area (Å²) in [5, 5.41) is 3.37. The van der Waals surface area contributed by atoms with Crippen LogP contribution in [0.2, 0.25) is 0 Å². The lowest BCUT2D eigenvalue weighted by molar-refractivity contribution is -0.0498. The van der Waals surface area contributed by atoms with Gasteiger partial charge in [-0.1, -0.05) is 19.1 Å². The van der Waals surface area contributed by atoms with E-state index in [1.54, 1.807) is 31.4 Å². The van der Waals surface area contributed by atoms with E-state index in [2.05, 4.69) is 17.0 Å². The van der Waals surface area contributed by atoms with E-state index in [9.17, 15) is 8.78 Å². The van der Waals surface area contributed by atoms with Gasteiger partial charge in [-0.3, -0.25) is 0 Å². The average Bonchev–Trinajstić information content (AvgIpc) is 2.36. The first kappa shape index (κ1) is 15.9. The van der Waals surface area contributed by atoms with Crippen LogP contribution in [-0.4, -0.2) is 26.9 Å². The maximum Gasteiger partial charge on any atom is 0.387 e. The Bertz CT molecular complexity index is 357. The van der Waals surface area contributed by atoms with E-state index in [1.165, 1.54) is 0 Å². The molecule has 5 heteroatoms. The fourth-order valence-electron chi connectivity index (χ4n) is 1.78. The van der Waals surface area contributed by atoms with Crippen LogP contribution in [0, 0.1) is 5.92 Å². The summed E-state index contributed by atoms with van der Waals surface area (Å²) in [5.41, 5.74) is 1.03. The third-order valence-electron chi connectivity index (χ3n) is 2.83. The Kier molecular flexibility index (Phi) is 6.73. The fourth-order valence-corrected chi connectivity index (χ4v) is 1.78. The summed E-state index contributed by atoms with van der Waals surface area (Å²) in [4.78, 5) is 0. The highest BCUT2D eigenvalue weighted by atomic mass is 19.3. The molecule has 0 heterocycles. The summed E-state index contributed by atoms with van der Waals surface area (Å²) in [6, 6.07) is 6.84. The predicted octanol–water partition coefficient (Wildman–Crippen LogP) is 3.22. The van der Waals surface area contributed by atoms with Crippen LogP contribution in [0.4, 0.5) is 8.78 Å². The molecular weight excluding hydrogens is 252 g/mol. The van der Waals surface area contributed by atoms with Crippen LogP contribution in [0.5, 0.6) is 5.75 Å². The zero-order chi connectivity index (χ0) is 14.3. The largest absolute Gasteiger partial charge is 0.435 e. The topological polar surface area (TPSA) is 30.5 Å². The molecule has 0 saturated heterocycles.